The molecule has 1 aliphatic rings. The fourth-order valence-electron chi connectivity index (χ4n) is 2.65. The molecule has 2 rings (SSSR count). The number of halogens is 5. The molecule has 1 fully saturated rings. The van der Waals surface area contributed by atoms with Crippen LogP contribution >= 0.6 is 0 Å². The van der Waals surface area contributed by atoms with Gasteiger partial charge in [0.15, 0.2) is 17.4 Å². The van der Waals surface area contributed by atoms with E-state index in [2.05, 4.69) is 5.32 Å². The molecule has 1 aromatic rings. The van der Waals surface area contributed by atoms with Gasteiger partial charge in [0.1, 0.15) is 0 Å². The maximum absolute atomic E-state index is 13.2. The molecule has 2 nitrogen and oxygen atoms in total. The van der Waals surface area contributed by atoms with Crippen molar-refractivity contribution in [2.45, 2.75) is 44.4 Å². The molecule has 0 amide bonds. The number of alkyl halides is 3. The normalized spacial score (nSPS) is 23.3. The van der Waals surface area contributed by atoms with Crippen molar-refractivity contribution in [3.05, 3.63) is 29.3 Å². The lowest BCUT2D eigenvalue weighted by molar-refractivity contribution is -0.183. The molecule has 1 aliphatic carbocycles. The monoisotopic (exact) mass is 309 g/mol. The van der Waals surface area contributed by atoms with Gasteiger partial charge in [-0.3, -0.25) is 0 Å². The highest BCUT2D eigenvalue weighted by atomic mass is 19.4. The number of aromatic hydroxyl groups is 1. The molecular formula is C14H16F5NO. The van der Waals surface area contributed by atoms with Gasteiger partial charge in [-0.05, 0) is 37.0 Å². The van der Waals surface area contributed by atoms with Gasteiger partial charge in [-0.2, -0.15) is 13.2 Å². The van der Waals surface area contributed by atoms with Gasteiger partial charge in [-0.25, -0.2) is 8.78 Å². The zero-order chi connectivity index (χ0) is 15.6. The number of benzene rings is 1. The van der Waals surface area contributed by atoms with E-state index in [4.69, 9.17) is 5.11 Å². The highest BCUT2D eigenvalue weighted by Gasteiger charge is 2.41. The summed E-state index contributed by atoms with van der Waals surface area (Å²) in [6.45, 7) is 0.0589. The van der Waals surface area contributed by atoms with Gasteiger partial charge in [-0.15, -0.1) is 0 Å². The number of phenolic OH excluding ortho intramolecular Hbond substituents is 1. The SMILES string of the molecule is Oc1c(F)cc(CNC2CCCC(C(F)(F)F)C2)cc1F. The first kappa shape index (κ1) is 16.0. The predicted molar refractivity (Wildman–Crippen MR) is 66.7 cm³/mol. The van der Waals surface area contributed by atoms with Crippen molar-refractivity contribution in [2.24, 2.45) is 5.92 Å². The zero-order valence-corrected chi connectivity index (χ0v) is 11.2. The van der Waals surface area contributed by atoms with Crippen LogP contribution in [0.4, 0.5) is 22.0 Å². The highest BCUT2D eigenvalue weighted by Crippen LogP contribution is 2.37. The van der Waals surface area contributed by atoms with Crippen LogP contribution in [0.2, 0.25) is 0 Å². The lowest BCUT2D eigenvalue weighted by atomic mass is 9.85. The molecule has 2 atom stereocenters. The molecule has 21 heavy (non-hydrogen) atoms. The summed E-state index contributed by atoms with van der Waals surface area (Å²) >= 11 is 0. The molecule has 0 aliphatic heterocycles. The van der Waals surface area contributed by atoms with Gasteiger partial charge in [0.25, 0.3) is 0 Å². The topological polar surface area (TPSA) is 32.3 Å². The van der Waals surface area contributed by atoms with Crippen molar-refractivity contribution in [1.29, 1.82) is 0 Å². The third kappa shape index (κ3) is 4.06. The number of rotatable bonds is 3. The third-order valence-corrected chi connectivity index (χ3v) is 3.81. The summed E-state index contributed by atoms with van der Waals surface area (Å²) in [6.07, 6.45) is -3.01. The Morgan fingerprint density at radius 3 is 2.33 bits per heavy atom. The van der Waals surface area contributed by atoms with Gasteiger partial charge in [0.05, 0.1) is 5.92 Å². The van der Waals surface area contributed by atoms with Crippen LogP contribution in [0, 0.1) is 17.6 Å². The lowest BCUT2D eigenvalue weighted by Crippen LogP contribution is -2.38. The predicted octanol–water partition coefficient (Wildman–Crippen LogP) is 3.88. The lowest BCUT2D eigenvalue weighted by Gasteiger charge is -2.31. The van der Waals surface area contributed by atoms with Crippen LogP contribution in [0.1, 0.15) is 31.2 Å². The van der Waals surface area contributed by atoms with Crippen molar-refractivity contribution in [3.63, 3.8) is 0 Å². The molecule has 0 saturated heterocycles. The Kier molecular flexibility index (Phi) is 4.70. The minimum absolute atomic E-state index is 0.0213. The van der Waals surface area contributed by atoms with E-state index < -0.39 is 29.5 Å². The third-order valence-electron chi connectivity index (χ3n) is 3.81. The second kappa shape index (κ2) is 6.17. The van der Waals surface area contributed by atoms with E-state index in [1.807, 2.05) is 0 Å². The van der Waals surface area contributed by atoms with Crippen LogP contribution in [0.5, 0.6) is 5.75 Å². The van der Waals surface area contributed by atoms with E-state index in [1.165, 1.54) is 0 Å². The zero-order valence-electron chi connectivity index (χ0n) is 11.2. The van der Waals surface area contributed by atoms with E-state index in [9.17, 15) is 22.0 Å². The molecule has 1 aromatic carbocycles. The van der Waals surface area contributed by atoms with Crippen LogP contribution in [0.15, 0.2) is 12.1 Å². The van der Waals surface area contributed by atoms with Crippen molar-refractivity contribution in [1.82, 2.24) is 5.32 Å². The number of hydrogen-bond acceptors (Lipinski definition) is 2. The average Bonchev–Trinajstić information content (AvgIpc) is 2.42. The van der Waals surface area contributed by atoms with Crippen molar-refractivity contribution >= 4 is 0 Å². The van der Waals surface area contributed by atoms with E-state index in [1.54, 1.807) is 0 Å². The first-order valence-electron chi connectivity index (χ1n) is 6.74. The maximum Gasteiger partial charge on any atom is 0.391 e. The molecule has 1 saturated carbocycles. The van der Waals surface area contributed by atoms with Crippen LogP contribution in [0.25, 0.3) is 0 Å². The largest absolute Gasteiger partial charge is 0.503 e. The van der Waals surface area contributed by atoms with E-state index in [0.717, 1.165) is 12.1 Å². The summed E-state index contributed by atoms with van der Waals surface area (Å²) in [5, 5.41) is 11.9. The Balaban J connectivity index is 1.94. The van der Waals surface area contributed by atoms with Gasteiger partial charge >= 0.3 is 6.18 Å². The molecule has 0 aromatic heterocycles. The van der Waals surface area contributed by atoms with E-state index in [-0.39, 0.29) is 31.0 Å². The van der Waals surface area contributed by atoms with Crippen molar-refractivity contribution in [2.75, 3.05) is 0 Å². The van der Waals surface area contributed by atoms with Gasteiger partial charge < -0.3 is 10.4 Å². The Labute approximate surface area is 119 Å². The Hall–Kier alpha value is -1.37. The minimum atomic E-state index is -4.20. The standard InChI is InChI=1S/C14H16F5NO/c15-11-4-8(5-12(16)13(11)21)7-20-10-3-1-2-9(6-10)14(17,18)19/h4-5,9-10,20-21H,1-3,6-7H2. The molecule has 2 unspecified atom stereocenters. The Morgan fingerprint density at radius 1 is 1.14 bits per heavy atom. The maximum atomic E-state index is 13.2. The van der Waals surface area contributed by atoms with Gasteiger partial charge in [0.2, 0.25) is 0 Å². The smallest absolute Gasteiger partial charge is 0.391 e. The molecule has 0 spiro atoms. The fourth-order valence-corrected chi connectivity index (χ4v) is 2.65. The molecule has 0 radical (unpaired) electrons. The number of hydrogen-bond donors (Lipinski definition) is 2. The quantitative estimate of drug-likeness (QED) is 0.831. The highest BCUT2D eigenvalue weighted by molar-refractivity contribution is 5.29. The number of phenols is 1. The minimum Gasteiger partial charge on any atom is -0.503 e. The molecule has 118 valence electrons. The van der Waals surface area contributed by atoms with Crippen LogP contribution < -0.4 is 5.32 Å². The summed E-state index contributed by atoms with van der Waals surface area (Å²) < 4.78 is 64.3. The summed E-state index contributed by atoms with van der Waals surface area (Å²) in [4.78, 5) is 0. The van der Waals surface area contributed by atoms with E-state index in [0.29, 0.717) is 12.8 Å². The Morgan fingerprint density at radius 2 is 1.76 bits per heavy atom. The second-order valence-electron chi connectivity index (χ2n) is 5.39. The summed E-state index contributed by atoms with van der Waals surface area (Å²) in [7, 11) is 0. The summed E-state index contributed by atoms with van der Waals surface area (Å²) in [6, 6.07) is 1.61. The first-order chi connectivity index (χ1) is 9.77. The summed E-state index contributed by atoms with van der Waals surface area (Å²) in [5.74, 6) is -4.53. The van der Waals surface area contributed by atoms with Crippen LogP contribution in [0.3, 0.4) is 0 Å². The van der Waals surface area contributed by atoms with Crippen LogP contribution in [-0.2, 0) is 6.54 Å². The molecule has 0 heterocycles. The number of nitrogens with one attached hydrogen (secondary N) is 1. The van der Waals surface area contributed by atoms with Crippen molar-refractivity contribution < 1.29 is 27.1 Å². The molecule has 0 bridgehead atoms. The van der Waals surface area contributed by atoms with Gasteiger partial charge in [0, 0.05) is 12.6 Å². The average molecular weight is 309 g/mol. The van der Waals surface area contributed by atoms with Crippen LogP contribution in [-0.4, -0.2) is 17.3 Å². The van der Waals surface area contributed by atoms with Gasteiger partial charge in [-0.1, -0.05) is 6.42 Å². The van der Waals surface area contributed by atoms with Crippen molar-refractivity contribution in [3.8, 4) is 5.75 Å². The molecule has 7 heteroatoms. The first-order valence-corrected chi connectivity index (χ1v) is 6.74. The Bertz CT molecular complexity index is 480. The van der Waals surface area contributed by atoms with E-state index >= 15 is 0 Å². The summed E-state index contributed by atoms with van der Waals surface area (Å²) in [5.41, 5.74) is 0.247. The molecule has 2 N–H and O–H groups in total. The molecular weight excluding hydrogens is 293 g/mol. The second-order valence-corrected chi connectivity index (χ2v) is 5.39. The fraction of sp³-hybridized carbons (Fsp3) is 0.571.